The Bertz CT molecular complexity index is 1390. The topological polar surface area (TPSA) is 85.6 Å². The number of nitrogens with zero attached hydrogens (tertiary/aromatic N) is 4. The summed E-state index contributed by atoms with van der Waals surface area (Å²) in [6.45, 7) is 2.79. The van der Waals surface area contributed by atoms with Crippen molar-refractivity contribution in [1.29, 1.82) is 0 Å². The predicted molar refractivity (Wildman–Crippen MR) is 124 cm³/mol. The standard InChI is InChI=1S/C23H22F3N5O2S/c1-2-3-11-30-17(14-34-18-10-9-16(12-27-18)23(24,25)26)28-20-19(30)21(32)29-22(33)31(20)13-15-7-5-4-6-8-15/h4-10,12H,2-3,11,13-14H2,1H3,(H,29,32,33). The van der Waals surface area contributed by atoms with Crippen LogP contribution in [0, 0.1) is 0 Å². The molecule has 0 aliphatic heterocycles. The molecule has 0 fully saturated rings. The molecule has 0 radical (unpaired) electrons. The molecule has 0 atom stereocenters. The van der Waals surface area contributed by atoms with Crippen molar-refractivity contribution in [2.24, 2.45) is 0 Å². The number of fused-ring (bicyclic) bond motifs is 1. The summed E-state index contributed by atoms with van der Waals surface area (Å²) in [6, 6.07) is 11.7. The van der Waals surface area contributed by atoms with Gasteiger partial charge in [-0.25, -0.2) is 14.8 Å². The van der Waals surface area contributed by atoms with Gasteiger partial charge in [-0.1, -0.05) is 55.4 Å². The number of aromatic nitrogens is 5. The van der Waals surface area contributed by atoms with Crippen LogP contribution >= 0.6 is 11.8 Å². The van der Waals surface area contributed by atoms with Crippen LogP contribution in [0.15, 0.2) is 63.3 Å². The number of rotatable bonds is 8. The molecule has 1 aromatic carbocycles. The number of benzene rings is 1. The molecule has 4 aromatic rings. The molecule has 4 rings (SSSR count). The van der Waals surface area contributed by atoms with E-state index in [1.165, 1.54) is 22.4 Å². The largest absolute Gasteiger partial charge is 0.417 e. The molecule has 0 aliphatic rings. The number of hydrogen-bond donors (Lipinski definition) is 1. The number of alkyl halides is 3. The van der Waals surface area contributed by atoms with Gasteiger partial charge in [-0.2, -0.15) is 13.2 Å². The Morgan fingerprint density at radius 3 is 2.47 bits per heavy atom. The molecule has 3 heterocycles. The Morgan fingerprint density at radius 2 is 1.82 bits per heavy atom. The van der Waals surface area contributed by atoms with E-state index in [2.05, 4.69) is 15.0 Å². The second-order valence-electron chi connectivity index (χ2n) is 7.71. The normalized spacial score (nSPS) is 11.9. The monoisotopic (exact) mass is 489 g/mol. The van der Waals surface area contributed by atoms with Crippen LogP contribution < -0.4 is 11.2 Å². The molecule has 34 heavy (non-hydrogen) atoms. The number of imidazole rings is 1. The number of hydrogen-bond acceptors (Lipinski definition) is 5. The van der Waals surface area contributed by atoms with Gasteiger partial charge in [0.25, 0.3) is 5.56 Å². The summed E-state index contributed by atoms with van der Waals surface area (Å²) >= 11 is 1.21. The van der Waals surface area contributed by atoms with Gasteiger partial charge in [0, 0.05) is 12.7 Å². The van der Waals surface area contributed by atoms with E-state index in [0.29, 0.717) is 22.9 Å². The summed E-state index contributed by atoms with van der Waals surface area (Å²) in [5, 5.41) is 0.401. The third kappa shape index (κ3) is 5.09. The zero-order valence-corrected chi connectivity index (χ0v) is 19.1. The van der Waals surface area contributed by atoms with Crippen molar-refractivity contribution in [3.63, 3.8) is 0 Å². The lowest BCUT2D eigenvalue weighted by molar-refractivity contribution is -0.137. The number of unbranched alkanes of at least 4 members (excludes halogenated alkanes) is 1. The van der Waals surface area contributed by atoms with Crippen molar-refractivity contribution < 1.29 is 13.2 Å². The highest BCUT2D eigenvalue weighted by molar-refractivity contribution is 7.98. The molecule has 0 saturated carbocycles. The molecule has 0 saturated heterocycles. The number of halogens is 3. The first kappa shape index (κ1) is 23.8. The highest BCUT2D eigenvalue weighted by Crippen LogP contribution is 2.30. The van der Waals surface area contributed by atoms with E-state index in [4.69, 9.17) is 0 Å². The SMILES string of the molecule is CCCCn1c(CSc2ccc(C(F)(F)F)cn2)nc2c1c(=O)[nH]c(=O)n2Cc1ccccc1. The maximum absolute atomic E-state index is 12.8. The minimum Gasteiger partial charge on any atom is -0.321 e. The minimum absolute atomic E-state index is 0.241. The quantitative estimate of drug-likeness (QED) is 0.370. The lowest BCUT2D eigenvalue weighted by Gasteiger charge is -2.09. The van der Waals surface area contributed by atoms with E-state index in [1.807, 2.05) is 37.3 Å². The van der Waals surface area contributed by atoms with Crippen molar-refractivity contribution in [3.05, 3.63) is 86.5 Å². The second-order valence-corrected chi connectivity index (χ2v) is 8.70. The molecule has 178 valence electrons. The third-order valence-corrected chi connectivity index (χ3v) is 6.24. The molecule has 0 spiro atoms. The molecule has 7 nitrogen and oxygen atoms in total. The van der Waals surface area contributed by atoms with Crippen molar-refractivity contribution in [1.82, 2.24) is 24.1 Å². The van der Waals surface area contributed by atoms with Crippen LogP contribution in [0.3, 0.4) is 0 Å². The van der Waals surface area contributed by atoms with E-state index >= 15 is 0 Å². The van der Waals surface area contributed by atoms with E-state index in [-0.39, 0.29) is 17.9 Å². The summed E-state index contributed by atoms with van der Waals surface area (Å²) in [6.07, 6.45) is -1.98. The summed E-state index contributed by atoms with van der Waals surface area (Å²) in [7, 11) is 0. The lowest BCUT2D eigenvalue weighted by Crippen LogP contribution is -2.31. The van der Waals surface area contributed by atoms with Crippen LogP contribution in [0.2, 0.25) is 0 Å². The number of aryl methyl sites for hydroxylation is 1. The Kier molecular flexibility index (Phi) is 6.92. The average Bonchev–Trinajstić information content (AvgIpc) is 3.18. The van der Waals surface area contributed by atoms with E-state index in [1.54, 1.807) is 4.57 Å². The van der Waals surface area contributed by atoms with Crippen LogP contribution in [0.25, 0.3) is 11.2 Å². The first-order valence-electron chi connectivity index (χ1n) is 10.7. The maximum atomic E-state index is 12.8. The molecular formula is C23H22F3N5O2S. The number of thioether (sulfide) groups is 1. The summed E-state index contributed by atoms with van der Waals surface area (Å²) < 4.78 is 41.6. The molecule has 0 unspecified atom stereocenters. The fourth-order valence-electron chi connectivity index (χ4n) is 3.57. The minimum atomic E-state index is -4.45. The van der Waals surface area contributed by atoms with Crippen LogP contribution in [0.4, 0.5) is 13.2 Å². The summed E-state index contributed by atoms with van der Waals surface area (Å²) in [5.41, 5.74) is -0.416. The van der Waals surface area contributed by atoms with Crippen molar-refractivity contribution >= 4 is 22.9 Å². The number of aromatic amines is 1. The van der Waals surface area contributed by atoms with Crippen LogP contribution in [0.1, 0.15) is 36.7 Å². The zero-order chi connectivity index (χ0) is 24.3. The highest BCUT2D eigenvalue weighted by Gasteiger charge is 2.30. The number of nitrogens with one attached hydrogen (secondary N) is 1. The van der Waals surface area contributed by atoms with Crippen molar-refractivity contribution in [2.75, 3.05) is 0 Å². The Balaban J connectivity index is 1.72. The predicted octanol–water partition coefficient (Wildman–Crippen LogP) is 4.44. The Morgan fingerprint density at radius 1 is 1.06 bits per heavy atom. The van der Waals surface area contributed by atoms with Crippen LogP contribution in [0.5, 0.6) is 0 Å². The molecule has 1 N–H and O–H groups in total. The zero-order valence-electron chi connectivity index (χ0n) is 18.3. The smallest absolute Gasteiger partial charge is 0.321 e. The van der Waals surface area contributed by atoms with E-state index < -0.39 is 23.0 Å². The molecule has 0 aliphatic carbocycles. The summed E-state index contributed by atoms with van der Waals surface area (Å²) in [5.74, 6) is 0.823. The molecule has 0 amide bonds. The highest BCUT2D eigenvalue weighted by atomic mass is 32.2. The first-order chi connectivity index (χ1) is 16.3. The maximum Gasteiger partial charge on any atom is 0.417 e. The fourth-order valence-corrected chi connectivity index (χ4v) is 4.36. The van der Waals surface area contributed by atoms with Gasteiger partial charge < -0.3 is 4.57 Å². The van der Waals surface area contributed by atoms with Gasteiger partial charge in [0.1, 0.15) is 5.82 Å². The molecular weight excluding hydrogens is 467 g/mol. The van der Waals surface area contributed by atoms with Gasteiger partial charge in [0.05, 0.1) is 22.9 Å². The van der Waals surface area contributed by atoms with Crippen LogP contribution in [-0.4, -0.2) is 24.1 Å². The van der Waals surface area contributed by atoms with Gasteiger partial charge in [-0.3, -0.25) is 14.3 Å². The van der Waals surface area contributed by atoms with Gasteiger partial charge in [-0.15, -0.1) is 0 Å². The molecule has 11 heteroatoms. The third-order valence-electron chi connectivity index (χ3n) is 5.30. The van der Waals surface area contributed by atoms with Crippen molar-refractivity contribution in [3.8, 4) is 0 Å². The Hall–Kier alpha value is -3.34. The number of H-pyrrole nitrogens is 1. The van der Waals surface area contributed by atoms with Gasteiger partial charge in [-0.05, 0) is 24.1 Å². The van der Waals surface area contributed by atoms with Crippen LogP contribution in [-0.2, 0) is 25.0 Å². The van der Waals surface area contributed by atoms with Gasteiger partial charge >= 0.3 is 11.9 Å². The number of pyridine rings is 1. The van der Waals surface area contributed by atoms with Crippen molar-refractivity contribution in [2.45, 2.75) is 49.8 Å². The summed E-state index contributed by atoms with van der Waals surface area (Å²) in [4.78, 5) is 36.3. The Labute approximate surface area is 196 Å². The average molecular weight is 490 g/mol. The fraction of sp³-hybridized carbons (Fsp3) is 0.304. The van der Waals surface area contributed by atoms with E-state index in [9.17, 15) is 22.8 Å². The lowest BCUT2D eigenvalue weighted by atomic mass is 10.2. The van der Waals surface area contributed by atoms with Gasteiger partial charge in [0.2, 0.25) is 0 Å². The first-order valence-corrected chi connectivity index (χ1v) is 11.7. The van der Waals surface area contributed by atoms with Gasteiger partial charge in [0.15, 0.2) is 11.2 Å². The molecule has 3 aromatic heterocycles. The second kappa shape index (κ2) is 9.88. The molecule has 0 bridgehead atoms. The van der Waals surface area contributed by atoms with E-state index in [0.717, 1.165) is 30.7 Å².